The van der Waals surface area contributed by atoms with Crippen LogP contribution in [-0.2, 0) is 9.59 Å². The Morgan fingerprint density at radius 1 is 1.42 bits per heavy atom. The number of carbonyl (C=O) groups is 2. The molecular formula is C14H17BrN2O2. The van der Waals surface area contributed by atoms with Crippen LogP contribution >= 0.6 is 15.9 Å². The fourth-order valence-electron chi connectivity index (χ4n) is 1.84. The third-order valence-corrected chi connectivity index (χ3v) is 3.65. The lowest BCUT2D eigenvalue weighted by atomic mass is 10.2. The summed E-state index contributed by atoms with van der Waals surface area (Å²) in [6, 6.07) is 6.02. The standard InChI is InChI=1S/C14H17BrN2O2/c1-9-3-6-13(12(15)7-9)17(10(2)18)8-14(19)16-11-4-5-11/h3,6-7,11H,4-5,8H2,1-2H3,(H,16,19). The molecule has 19 heavy (non-hydrogen) atoms. The molecule has 102 valence electrons. The predicted octanol–water partition coefficient (Wildman–Crippen LogP) is 2.39. The van der Waals surface area contributed by atoms with E-state index in [9.17, 15) is 9.59 Å². The molecule has 1 aromatic rings. The molecule has 0 aliphatic heterocycles. The lowest BCUT2D eigenvalue weighted by Crippen LogP contribution is -2.40. The van der Waals surface area contributed by atoms with Gasteiger partial charge >= 0.3 is 0 Å². The minimum atomic E-state index is -0.143. The van der Waals surface area contributed by atoms with Gasteiger partial charge in [0.2, 0.25) is 11.8 Å². The smallest absolute Gasteiger partial charge is 0.240 e. The van der Waals surface area contributed by atoms with Gasteiger partial charge in [0.15, 0.2) is 0 Å². The number of hydrogen-bond donors (Lipinski definition) is 1. The van der Waals surface area contributed by atoms with Gasteiger partial charge in [-0.3, -0.25) is 9.59 Å². The SMILES string of the molecule is CC(=O)N(CC(=O)NC1CC1)c1ccc(C)cc1Br. The van der Waals surface area contributed by atoms with Gasteiger partial charge in [0.1, 0.15) is 6.54 Å². The van der Waals surface area contributed by atoms with Crippen molar-refractivity contribution in [3.8, 4) is 0 Å². The molecule has 0 atom stereocenters. The molecule has 1 aliphatic carbocycles. The molecule has 5 heteroatoms. The molecule has 1 fully saturated rings. The number of nitrogens with one attached hydrogen (secondary N) is 1. The topological polar surface area (TPSA) is 49.4 Å². The molecule has 0 radical (unpaired) electrons. The van der Waals surface area contributed by atoms with Gasteiger partial charge in [-0.05, 0) is 53.4 Å². The lowest BCUT2D eigenvalue weighted by molar-refractivity contribution is -0.123. The van der Waals surface area contributed by atoms with Crippen LogP contribution in [0.5, 0.6) is 0 Å². The average molecular weight is 325 g/mol. The number of benzene rings is 1. The molecule has 2 amide bonds. The minimum absolute atomic E-state index is 0.0630. The van der Waals surface area contributed by atoms with Crippen LogP contribution in [0.2, 0.25) is 0 Å². The maximum Gasteiger partial charge on any atom is 0.240 e. The largest absolute Gasteiger partial charge is 0.352 e. The second-order valence-electron chi connectivity index (χ2n) is 4.90. The first kappa shape index (κ1) is 14.1. The molecule has 0 unspecified atom stereocenters. The second kappa shape index (κ2) is 5.74. The Morgan fingerprint density at radius 3 is 2.63 bits per heavy atom. The van der Waals surface area contributed by atoms with Gasteiger partial charge in [-0.2, -0.15) is 0 Å². The van der Waals surface area contributed by atoms with E-state index in [1.165, 1.54) is 11.8 Å². The minimum Gasteiger partial charge on any atom is -0.352 e. The van der Waals surface area contributed by atoms with Gasteiger partial charge in [0.25, 0.3) is 0 Å². The number of aryl methyl sites for hydroxylation is 1. The third kappa shape index (κ3) is 3.80. The van der Waals surface area contributed by atoms with Gasteiger partial charge in [0.05, 0.1) is 5.69 Å². The van der Waals surface area contributed by atoms with Crippen molar-refractivity contribution < 1.29 is 9.59 Å². The van der Waals surface area contributed by atoms with E-state index in [1.54, 1.807) is 0 Å². The van der Waals surface area contributed by atoms with Crippen molar-refractivity contribution in [3.05, 3.63) is 28.2 Å². The monoisotopic (exact) mass is 324 g/mol. The number of hydrogen-bond acceptors (Lipinski definition) is 2. The van der Waals surface area contributed by atoms with Gasteiger partial charge in [-0.25, -0.2) is 0 Å². The molecular weight excluding hydrogens is 308 g/mol. The fourth-order valence-corrected chi connectivity index (χ4v) is 2.55. The predicted molar refractivity (Wildman–Crippen MR) is 78.1 cm³/mol. The summed E-state index contributed by atoms with van der Waals surface area (Å²) in [5.41, 5.74) is 1.82. The van der Waals surface area contributed by atoms with E-state index >= 15 is 0 Å². The molecule has 0 spiro atoms. The maximum atomic E-state index is 11.8. The molecule has 0 saturated heterocycles. The highest BCUT2D eigenvalue weighted by atomic mass is 79.9. The number of carbonyl (C=O) groups excluding carboxylic acids is 2. The van der Waals surface area contributed by atoms with Crippen LogP contribution in [0.1, 0.15) is 25.3 Å². The molecule has 4 nitrogen and oxygen atoms in total. The third-order valence-electron chi connectivity index (χ3n) is 3.02. The van der Waals surface area contributed by atoms with Crippen LogP contribution in [0.15, 0.2) is 22.7 Å². The summed E-state index contributed by atoms with van der Waals surface area (Å²) >= 11 is 3.44. The van der Waals surface area contributed by atoms with Gasteiger partial charge in [-0.1, -0.05) is 6.07 Å². The fraction of sp³-hybridized carbons (Fsp3) is 0.429. The van der Waals surface area contributed by atoms with E-state index in [0.717, 1.165) is 28.6 Å². The Bertz CT molecular complexity index is 512. The summed E-state index contributed by atoms with van der Waals surface area (Å²) in [5, 5.41) is 2.89. The Morgan fingerprint density at radius 2 is 2.11 bits per heavy atom. The number of anilines is 1. The summed E-state index contributed by atoms with van der Waals surface area (Å²) in [4.78, 5) is 25.1. The normalized spacial score (nSPS) is 14.1. The molecule has 1 aromatic carbocycles. The van der Waals surface area contributed by atoms with Crippen molar-refractivity contribution in [1.82, 2.24) is 5.32 Å². The number of rotatable bonds is 4. The Hall–Kier alpha value is -1.36. The van der Waals surface area contributed by atoms with Crippen LogP contribution in [0, 0.1) is 6.92 Å². The first-order valence-corrected chi connectivity index (χ1v) is 7.10. The Balaban J connectivity index is 2.14. The summed E-state index contributed by atoms with van der Waals surface area (Å²) in [7, 11) is 0. The van der Waals surface area contributed by atoms with E-state index in [1.807, 2.05) is 25.1 Å². The number of halogens is 1. The van der Waals surface area contributed by atoms with E-state index in [0.29, 0.717) is 6.04 Å². The highest BCUT2D eigenvalue weighted by Gasteiger charge is 2.25. The average Bonchev–Trinajstić information content (AvgIpc) is 3.10. The van der Waals surface area contributed by atoms with Crippen LogP contribution in [0.3, 0.4) is 0 Å². The maximum absolute atomic E-state index is 11.8. The molecule has 1 aliphatic rings. The Labute approximate surface area is 121 Å². The molecule has 1 N–H and O–H groups in total. The van der Waals surface area contributed by atoms with Crippen molar-refractivity contribution in [1.29, 1.82) is 0 Å². The number of nitrogens with zero attached hydrogens (tertiary/aromatic N) is 1. The lowest BCUT2D eigenvalue weighted by Gasteiger charge is -2.22. The van der Waals surface area contributed by atoms with E-state index in [2.05, 4.69) is 21.2 Å². The van der Waals surface area contributed by atoms with E-state index in [-0.39, 0.29) is 18.4 Å². The van der Waals surface area contributed by atoms with Gasteiger partial charge < -0.3 is 10.2 Å². The second-order valence-corrected chi connectivity index (χ2v) is 5.76. The van der Waals surface area contributed by atoms with Gasteiger partial charge in [0, 0.05) is 17.4 Å². The number of amides is 2. The highest BCUT2D eigenvalue weighted by Crippen LogP contribution is 2.27. The molecule has 0 bridgehead atoms. The first-order valence-electron chi connectivity index (χ1n) is 6.31. The van der Waals surface area contributed by atoms with Crippen molar-refractivity contribution in [2.75, 3.05) is 11.4 Å². The zero-order valence-electron chi connectivity index (χ0n) is 11.1. The zero-order chi connectivity index (χ0) is 14.0. The summed E-state index contributed by atoms with van der Waals surface area (Å²) < 4.78 is 0.821. The van der Waals surface area contributed by atoms with Gasteiger partial charge in [-0.15, -0.1) is 0 Å². The summed E-state index contributed by atoms with van der Waals surface area (Å²) in [5.74, 6) is -0.249. The van der Waals surface area contributed by atoms with Crippen LogP contribution in [0.4, 0.5) is 5.69 Å². The van der Waals surface area contributed by atoms with Crippen LogP contribution < -0.4 is 10.2 Å². The molecule has 1 saturated carbocycles. The van der Waals surface area contributed by atoms with Crippen molar-refractivity contribution in [2.24, 2.45) is 0 Å². The zero-order valence-corrected chi connectivity index (χ0v) is 12.7. The molecule has 0 aromatic heterocycles. The quantitative estimate of drug-likeness (QED) is 0.924. The van der Waals surface area contributed by atoms with Crippen LogP contribution in [0.25, 0.3) is 0 Å². The van der Waals surface area contributed by atoms with E-state index in [4.69, 9.17) is 0 Å². The molecule has 0 heterocycles. The summed E-state index contributed by atoms with van der Waals surface area (Å²) in [6.07, 6.45) is 2.08. The first-order chi connectivity index (χ1) is 8.97. The van der Waals surface area contributed by atoms with E-state index < -0.39 is 0 Å². The molecule has 2 rings (SSSR count). The highest BCUT2D eigenvalue weighted by molar-refractivity contribution is 9.10. The summed E-state index contributed by atoms with van der Waals surface area (Å²) in [6.45, 7) is 3.51. The van der Waals surface area contributed by atoms with Crippen molar-refractivity contribution in [2.45, 2.75) is 32.7 Å². The van der Waals surface area contributed by atoms with Crippen molar-refractivity contribution in [3.63, 3.8) is 0 Å². The van der Waals surface area contributed by atoms with Crippen molar-refractivity contribution >= 4 is 33.4 Å². The Kier molecular flexibility index (Phi) is 4.24. The van der Waals surface area contributed by atoms with Crippen LogP contribution in [-0.4, -0.2) is 24.4 Å².